The number of nitrogens with one attached hydrogen (secondary N) is 1. The average Bonchev–Trinajstić information content (AvgIpc) is 3.33. The monoisotopic (exact) mass is 509 g/mol. The molecule has 4 aromatic rings. The summed E-state index contributed by atoms with van der Waals surface area (Å²) in [6.45, 7) is 2.55. The summed E-state index contributed by atoms with van der Waals surface area (Å²) in [5.74, 6) is 2.17. The van der Waals surface area contributed by atoms with E-state index < -0.39 is 0 Å². The highest BCUT2D eigenvalue weighted by atomic mass is 79.9. The molecule has 2 aromatic heterocycles. The number of hydrogen-bond acceptors (Lipinski definition) is 5. The Labute approximate surface area is 199 Å². The molecule has 0 radical (unpaired) electrons. The van der Waals surface area contributed by atoms with E-state index in [1.54, 1.807) is 32.4 Å². The van der Waals surface area contributed by atoms with Crippen LogP contribution in [0, 0.1) is 0 Å². The quantitative estimate of drug-likeness (QED) is 0.434. The van der Waals surface area contributed by atoms with Crippen molar-refractivity contribution < 1.29 is 14.3 Å². The van der Waals surface area contributed by atoms with Gasteiger partial charge in [-0.05, 0) is 42.5 Å². The van der Waals surface area contributed by atoms with Crippen LogP contribution in [0.15, 0.2) is 59.2 Å². The normalized spacial score (nSPS) is 14.0. The maximum absolute atomic E-state index is 12.9. The number of carbonyl (C=O) groups excluding carboxylic acids is 1. The molecule has 33 heavy (non-hydrogen) atoms. The number of halogens is 1. The van der Waals surface area contributed by atoms with Gasteiger partial charge in [0.2, 0.25) is 0 Å². The highest BCUT2D eigenvalue weighted by molar-refractivity contribution is 9.10. The van der Waals surface area contributed by atoms with Gasteiger partial charge < -0.3 is 29.0 Å². The summed E-state index contributed by atoms with van der Waals surface area (Å²) in [7, 11) is 3.17. The number of ether oxygens (including phenoxy) is 2. The predicted molar refractivity (Wildman–Crippen MR) is 133 cm³/mol. The summed E-state index contributed by atoms with van der Waals surface area (Å²) in [6, 6.07) is 15.4. The highest BCUT2D eigenvalue weighted by Gasteiger charge is 2.24. The summed E-state index contributed by atoms with van der Waals surface area (Å²) in [6.07, 6.45) is 2.06. The summed E-state index contributed by atoms with van der Waals surface area (Å²) >= 11 is 3.55. The first-order valence-electron chi connectivity index (χ1n) is 10.7. The number of methoxy groups -OCH3 is 2. The number of fused-ring (bicyclic) bond motifs is 3. The van der Waals surface area contributed by atoms with Crippen molar-refractivity contribution >= 4 is 50.0 Å². The number of piperazine rings is 1. The molecule has 0 aliphatic carbocycles. The number of amides is 2. The molecule has 0 saturated carbocycles. The van der Waals surface area contributed by atoms with Gasteiger partial charge in [0.25, 0.3) is 0 Å². The summed E-state index contributed by atoms with van der Waals surface area (Å²) in [5.41, 5.74) is 3.63. The number of nitrogens with zero attached hydrogens (tertiary/aromatic N) is 4. The van der Waals surface area contributed by atoms with E-state index in [2.05, 4.69) is 48.9 Å². The first kappa shape index (κ1) is 21.4. The Morgan fingerprint density at radius 2 is 1.82 bits per heavy atom. The Morgan fingerprint density at radius 1 is 1.00 bits per heavy atom. The average molecular weight is 510 g/mol. The number of rotatable bonds is 4. The summed E-state index contributed by atoms with van der Waals surface area (Å²) in [5, 5.41) is 2.95. The van der Waals surface area contributed by atoms with E-state index in [1.807, 2.05) is 23.1 Å². The standard InChI is InChI=1S/C24H24BrN5O3/c1-32-17-6-8-22(33-2)19(15-17)27-24(31)29-12-10-28(11-13-29)23-21-4-3-9-30(21)20-7-5-16(25)14-18(20)26-23/h3-9,14-15H,10-13H2,1-2H3,(H,27,31). The molecule has 8 nitrogen and oxygen atoms in total. The van der Waals surface area contributed by atoms with Crippen molar-refractivity contribution in [3.63, 3.8) is 0 Å². The fourth-order valence-corrected chi connectivity index (χ4v) is 4.54. The van der Waals surface area contributed by atoms with Crippen LogP contribution in [0.2, 0.25) is 0 Å². The smallest absolute Gasteiger partial charge is 0.322 e. The van der Waals surface area contributed by atoms with E-state index in [1.165, 1.54) is 0 Å². The van der Waals surface area contributed by atoms with Gasteiger partial charge in [-0.3, -0.25) is 0 Å². The van der Waals surface area contributed by atoms with Crippen molar-refractivity contribution in [1.29, 1.82) is 0 Å². The highest BCUT2D eigenvalue weighted by Crippen LogP contribution is 2.30. The zero-order valence-corrected chi connectivity index (χ0v) is 20.0. The van der Waals surface area contributed by atoms with Gasteiger partial charge in [-0.15, -0.1) is 0 Å². The zero-order chi connectivity index (χ0) is 22.9. The second-order valence-corrected chi connectivity index (χ2v) is 8.72. The maximum atomic E-state index is 12.9. The second-order valence-electron chi connectivity index (χ2n) is 7.80. The molecule has 0 unspecified atom stereocenters. The molecule has 0 atom stereocenters. The second kappa shape index (κ2) is 8.82. The number of anilines is 2. The Hall–Kier alpha value is -3.46. The van der Waals surface area contributed by atoms with E-state index in [0.29, 0.717) is 43.4 Å². The van der Waals surface area contributed by atoms with Crippen LogP contribution < -0.4 is 19.7 Å². The molecule has 5 rings (SSSR count). The molecular weight excluding hydrogens is 486 g/mol. The molecule has 1 N–H and O–H groups in total. The van der Waals surface area contributed by atoms with Crippen molar-refractivity contribution in [1.82, 2.24) is 14.3 Å². The predicted octanol–water partition coefficient (Wildman–Crippen LogP) is 4.62. The first-order valence-corrected chi connectivity index (χ1v) is 11.5. The van der Waals surface area contributed by atoms with Crippen molar-refractivity contribution in [2.75, 3.05) is 50.6 Å². The molecule has 1 aliphatic heterocycles. The first-order chi connectivity index (χ1) is 16.1. The van der Waals surface area contributed by atoms with Gasteiger partial charge in [0.15, 0.2) is 5.82 Å². The van der Waals surface area contributed by atoms with E-state index in [-0.39, 0.29) is 6.03 Å². The van der Waals surface area contributed by atoms with Crippen molar-refractivity contribution in [3.05, 3.63) is 59.2 Å². The van der Waals surface area contributed by atoms with Gasteiger partial charge >= 0.3 is 6.03 Å². The van der Waals surface area contributed by atoms with Crippen LogP contribution >= 0.6 is 15.9 Å². The van der Waals surface area contributed by atoms with E-state index >= 15 is 0 Å². The van der Waals surface area contributed by atoms with Crippen molar-refractivity contribution in [3.8, 4) is 11.5 Å². The van der Waals surface area contributed by atoms with Gasteiger partial charge in [-0.1, -0.05) is 15.9 Å². The van der Waals surface area contributed by atoms with Crippen LogP contribution in [-0.4, -0.2) is 60.7 Å². The molecule has 0 spiro atoms. The van der Waals surface area contributed by atoms with E-state index in [0.717, 1.165) is 26.8 Å². The van der Waals surface area contributed by atoms with Gasteiger partial charge in [-0.25, -0.2) is 9.78 Å². The SMILES string of the molecule is COc1ccc(OC)c(NC(=O)N2CCN(c3nc4cc(Br)ccc4n4cccc34)CC2)c1. The van der Waals surface area contributed by atoms with Crippen molar-refractivity contribution in [2.24, 2.45) is 0 Å². The van der Waals surface area contributed by atoms with Crippen LogP contribution in [0.1, 0.15) is 0 Å². The van der Waals surface area contributed by atoms with Gasteiger partial charge in [0.05, 0.1) is 36.5 Å². The Kier molecular flexibility index (Phi) is 5.72. The largest absolute Gasteiger partial charge is 0.497 e. The van der Waals surface area contributed by atoms with Gasteiger partial charge in [0, 0.05) is 42.9 Å². The lowest BCUT2D eigenvalue weighted by atomic mass is 10.2. The van der Waals surface area contributed by atoms with Crippen molar-refractivity contribution in [2.45, 2.75) is 0 Å². The minimum atomic E-state index is -0.163. The lowest BCUT2D eigenvalue weighted by molar-refractivity contribution is 0.208. The number of carbonyl (C=O) groups is 1. The molecular formula is C24H24BrN5O3. The zero-order valence-electron chi connectivity index (χ0n) is 18.4. The fraction of sp³-hybridized carbons (Fsp3) is 0.250. The maximum Gasteiger partial charge on any atom is 0.322 e. The molecule has 0 bridgehead atoms. The van der Waals surface area contributed by atoms with Crippen LogP contribution in [0.3, 0.4) is 0 Å². The van der Waals surface area contributed by atoms with Crippen LogP contribution in [0.4, 0.5) is 16.3 Å². The fourth-order valence-electron chi connectivity index (χ4n) is 4.19. The van der Waals surface area contributed by atoms with Gasteiger partial charge in [0.1, 0.15) is 11.5 Å². The number of benzene rings is 2. The Bertz CT molecular complexity index is 1330. The van der Waals surface area contributed by atoms with E-state index in [9.17, 15) is 4.79 Å². The lowest BCUT2D eigenvalue weighted by Crippen LogP contribution is -2.50. The number of urea groups is 1. The third-order valence-corrected chi connectivity index (χ3v) is 6.41. The molecule has 1 aliphatic rings. The van der Waals surface area contributed by atoms with E-state index in [4.69, 9.17) is 14.5 Å². The molecule has 170 valence electrons. The number of aromatic nitrogens is 2. The van der Waals surface area contributed by atoms with Crippen LogP contribution in [0.25, 0.3) is 16.6 Å². The lowest BCUT2D eigenvalue weighted by Gasteiger charge is -2.35. The molecule has 3 heterocycles. The Balaban J connectivity index is 1.34. The van der Waals surface area contributed by atoms with Crippen LogP contribution in [-0.2, 0) is 0 Å². The number of hydrogen-bond donors (Lipinski definition) is 1. The minimum Gasteiger partial charge on any atom is -0.497 e. The molecule has 1 saturated heterocycles. The third-order valence-electron chi connectivity index (χ3n) is 5.92. The topological polar surface area (TPSA) is 71.3 Å². The van der Waals surface area contributed by atoms with Crippen LogP contribution in [0.5, 0.6) is 11.5 Å². The summed E-state index contributed by atoms with van der Waals surface area (Å²) in [4.78, 5) is 22.0. The molecule has 9 heteroatoms. The summed E-state index contributed by atoms with van der Waals surface area (Å²) < 4.78 is 13.8. The molecule has 1 fully saturated rings. The third kappa shape index (κ3) is 4.04. The molecule has 2 aromatic carbocycles. The van der Waals surface area contributed by atoms with Gasteiger partial charge in [-0.2, -0.15) is 0 Å². The Morgan fingerprint density at radius 3 is 2.58 bits per heavy atom. The minimum absolute atomic E-state index is 0.163. The molecule has 2 amide bonds.